The minimum absolute atomic E-state index is 0.193. The van der Waals surface area contributed by atoms with Gasteiger partial charge in [0.15, 0.2) is 0 Å². The van der Waals surface area contributed by atoms with E-state index in [4.69, 9.17) is 0 Å². The average molecular weight is 455 g/mol. The van der Waals surface area contributed by atoms with Gasteiger partial charge in [-0.25, -0.2) is 8.42 Å². The highest BCUT2D eigenvalue weighted by atomic mass is 32.2. The highest BCUT2D eigenvalue weighted by Crippen LogP contribution is 2.24. The van der Waals surface area contributed by atoms with Crippen molar-refractivity contribution in [1.82, 2.24) is 0 Å². The molecule has 0 aliphatic heterocycles. The summed E-state index contributed by atoms with van der Waals surface area (Å²) in [7, 11) is -3.47. The molecule has 3 rings (SSSR count). The Hall–Kier alpha value is -2.77. The monoisotopic (exact) mass is 454 g/mol. The molecule has 0 fully saturated rings. The predicted molar refractivity (Wildman–Crippen MR) is 130 cm³/mol. The number of hydrogen-bond donors (Lipinski definition) is 1. The summed E-state index contributed by atoms with van der Waals surface area (Å²) in [5.74, 6) is -0.209. The molecule has 1 amide bonds. The molecule has 3 aromatic carbocycles. The van der Waals surface area contributed by atoms with E-state index in [0.717, 1.165) is 27.3 Å². The van der Waals surface area contributed by atoms with Crippen molar-refractivity contribution in [3.8, 4) is 0 Å². The number of amides is 1. The zero-order valence-electron chi connectivity index (χ0n) is 18.0. The van der Waals surface area contributed by atoms with Crippen molar-refractivity contribution < 1.29 is 13.2 Å². The van der Waals surface area contributed by atoms with Crippen LogP contribution in [0, 0.1) is 13.8 Å². The Morgan fingerprint density at radius 1 is 0.968 bits per heavy atom. The SMILES string of the molecule is CSc1cccc(NC(=O)c2ccc(CN(c3ccc(C)c(C)c3)S(C)(=O)=O)cc2)c1. The molecule has 0 heterocycles. The molecule has 0 radical (unpaired) electrons. The number of sulfonamides is 1. The van der Waals surface area contributed by atoms with Crippen LogP contribution in [0.1, 0.15) is 27.0 Å². The molecule has 0 unspecified atom stereocenters. The second-order valence-electron chi connectivity index (χ2n) is 7.42. The number of nitrogens with zero attached hydrogens (tertiary/aromatic N) is 1. The molecule has 31 heavy (non-hydrogen) atoms. The van der Waals surface area contributed by atoms with Crippen LogP contribution in [-0.2, 0) is 16.6 Å². The number of anilines is 2. The van der Waals surface area contributed by atoms with Crippen LogP contribution < -0.4 is 9.62 Å². The van der Waals surface area contributed by atoms with Gasteiger partial charge in [0.2, 0.25) is 10.0 Å². The largest absolute Gasteiger partial charge is 0.322 e. The van der Waals surface area contributed by atoms with E-state index in [9.17, 15) is 13.2 Å². The normalized spacial score (nSPS) is 11.2. The molecule has 7 heteroatoms. The average Bonchev–Trinajstić information content (AvgIpc) is 2.74. The molecule has 0 saturated carbocycles. The van der Waals surface area contributed by atoms with Crippen molar-refractivity contribution in [2.24, 2.45) is 0 Å². The lowest BCUT2D eigenvalue weighted by molar-refractivity contribution is 0.102. The maximum atomic E-state index is 12.6. The second kappa shape index (κ2) is 9.58. The van der Waals surface area contributed by atoms with Crippen LogP contribution in [0.4, 0.5) is 11.4 Å². The van der Waals surface area contributed by atoms with E-state index in [1.807, 2.05) is 62.6 Å². The summed E-state index contributed by atoms with van der Waals surface area (Å²) in [5, 5.41) is 2.90. The van der Waals surface area contributed by atoms with Gasteiger partial charge in [-0.2, -0.15) is 0 Å². The van der Waals surface area contributed by atoms with Crippen molar-refractivity contribution in [3.63, 3.8) is 0 Å². The molecule has 0 aromatic heterocycles. The van der Waals surface area contributed by atoms with E-state index in [2.05, 4.69) is 5.32 Å². The Bertz CT molecular complexity index is 1190. The molecule has 1 N–H and O–H groups in total. The molecule has 0 aliphatic carbocycles. The van der Waals surface area contributed by atoms with Crippen molar-refractivity contribution in [2.75, 3.05) is 22.1 Å². The van der Waals surface area contributed by atoms with Crippen LogP contribution in [-0.4, -0.2) is 26.8 Å². The number of hydrogen-bond acceptors (Lipinski definition) is 4. The van der Waals surface area contributed by atoms with Gasteiger partial charge in [0.25, 0.3) is 5.91 Å². The fourth-order valence-electron chi connectivity index (χ4n) is 3.11. The first kappa shape index (κ1) is 22.9. The van der Waals surface area contributed by atoms with Gasteiger partial charge in [0.05, 0.1) is 18.5 Å². The molecule has 3 aromatic rings. The highest BCUT2D eigenvalue weighted by molar-refractivity contribution is 7.98. The van der Waals surface area contributed by atoms with Crippen molar-refractivity contribution in [3.05, 3.63) is 89.0 Å². The summed E-state index contributed by atoms with van der Waals surface area (Å²) >= 11 is 1.61. The highest BCUT2D eigenvalue weighted by Gasteiger charge is 2.18. The van der Waals surface area contributed by atoms with E-state index >= 15 is 0 Å². The predicted octanol–water partition coefficient (Wildman–Crippen LogP) is 5.24. The zero-order chi connectivity index (χ0) is 22.6. The number of benzene rings is 3. The number of carbonyl (C=O) groups excluding carboxylic acids is 1. The van der Waals surface area contributed by atoms with Gasteiger partial charge in [-0.05, 0) is 79.3 Å². The molecule has 0 atom stereocenters. The number of rotatable bonds is 7. The van der Waals surface area contributed by atoms with Gasteiger partial charge in [-0.3, -0.25) is 9.10 Å². The molecular formula is C24H26N2O3S2. The zero-order valence-corrected chi connectivity index (χ0v) is 19.7. The van der Waals surface area contributed by atoms with Crippen molar-refractivity contribution in [2.45, 2.75) is 25.3 Å². The minimum atomic E-state index is -3.47. The van der Waals surface area contributed by atoms with E-state index < -0.39 is 10.0 Å². The Morgan fingerprint density at radius 3 is 2.29 bits per heavy atom. The summed E-state index contributed by atoms with van der Waals surface area (Å²) in [6.07, 6.45) is 3.18. The van der Waals surface area contributed by atoms with Crippen LogP contribution in [0.2, 0.25) is 0 Å². The fourth-order valence-corrected chi connectivity index (χ4v) is 4.45. The molecule has 5 nitrogen and oxygen atoms in total. The van der Waals surface area contributed by atoms with E-state index in [1.165, 1.54) is 10.6 Å². The lowest BCUT2D eigenvalue weighted by Crippen LogP contribution is -2.29. The van der Waals surface area contributed by atoms with Crippen LogP contribution in [0.15, 0.2) is 71.6 Å². The third kappa shape index (κ3) is 5.89. The second-order valence-corrected chi connectivity index (χ2v) is 10.2. The van der Waals surface area contributed by atoms with E-state index in [0.29, 0.717) is 11.3 Å². The Balaban J connectivity index is 1.77. The molecule has 0 aliphatic rings. The summed E-state index contributed by atoms with van der Waals surface area (Å²) in [4.78, 5) is 13.6. The summed E-state index contributed by atoms with van der Waals surface area (Å²) in [6.45, 7) is 4.14. The van der Waals surface area contributed by atoms with Gasteiger partial charge in [0, 0.05) is 16.1 Å². The first-order chi connectivity index (χ1) is 14.7. The first-order valence-corrected chi connectivity index (χ1v) is 12.8. The van der Waals surface area contributed by atoms with Crippen LogP contribution >= 0.6 is 11.8 Å². The van der Waals surface area contributed by atoms with E-state index in [-0.39, 0.29) is 12.5 Å². The number of thioether (sulfide) groups is 1. The quantitative estimate of drug-likeness (QED) is 0.496. The third-order valence-corrected chi connectivity index (χ3v) is 6.91. The topological polar surface area (TPSA) is 66.5 Å². The third-order valence-electron chi connectivity index (χ3n) is 5.05. The summed E-state index contributed by atoms with van der Waals surface area (Å²) in [6, 6.07) is 20.3. The van der Waals surface area contributed by atoms with Crippen LogP contribution in [0.5, 0.6) is 0 Å². The number of nitrogens with one attached hydrogen (secondary N) is 1. The number of carbonyl (C=O) groups is 1. The number of aryl methyl sites for hydroxylation is 2. The van der Waals surface area contributed by atoms with Gasteiger partial charge in [0.1, 0.15) is 0 Å². The van der Waals surface area contributed by atoms with Crippen LogP contribution in [0.25, 0.3) is 0 Å². The van der Waals surface area contributed by atoms with Crippen LogP contribution in [0.3, 0.4) is 0 Å². The Kier molecular flexibility index (Phi) is 7.08. The van der Waals surface area contributed by atoms with Crippen molar-refractivity contribution in [1.29, 1.82) is 0 Å². The first-order valence-electron chi connectivity index (χ1n) is 9.76. The van der Waals surface area contributed by atoms with Gasteiger partial charge in [-0.15, -0.1) is 11.8 Å². The smallest absolute Gasteiger partial charge is 0.255 e. The Labute approximate surface area is 188 Å². The van der Waals surface area contributed by atoms with Crippen molar-refractivity contribution >= 4 is 39.1 Å². The lowest BCUT2D eigenvalue weighted by Gasteiger charge is -2.23. The lowest BCUT2D eigenvalue weighted by atomic mass is 10.1. The van der Waals surface area contributed by atoms with Gasteiger partial charge >= 0.3 is 0 Å². The fraction of sp³-hybridized carbons (Fsp3) is 0.208. The minimum Gasteiger partial charge on any atom is -0.322 e. The molecule has 162 valence electrons. The molecule has 0 bridgehead atoms. The molecule has 0 saturated heterocycles. The maximum Gasteiger partial charge on any atom is 0.255 e. The van der Waals surface area contributed by atoms with E-state index in [1.54, 1.807) is 36.0 Å². The van der Waals surface area contributed by atoms with Gasteiger partial charge < -0.3 is 5.32 Å². The molecular weight excluding hydrogens is 428 g/mol. The maximum absolute atomic E-state index is 12.6. The standard InChI is InChI=1S/C24H26N2O3S2/c1-17-8-13-22(14-18(17)2)26(31(4,28)29)16-19-9-11-20(12-10-19)24(27)25-21-6-5-7-23(15-21)30-3/h5-15H,16H2,1-4H3,(H,25,27). The van der Waals surface area contributed by atoms with Gasteiger partial charge in [-0.1, -0.05) is 24.3 Å². The summed E-state index contributed by atoms with van der Waals surface area (Å²) < 4.78 is 26.2. The molecule has 0 spiro atoms. The Morgan fingerprint density at radius 2 is 1.68 bits per heavy atom. The summed E-state index contributed by atoms with van der Waals surface area (Å²) in [5.41, 5.74) is 4.80.